The van der Waals surface area contributed by atoms with Crippen molar-refractivity contribution in [3.8, 4) is 11.5 Å². The molecule has 0 bridgehead atoms. The van der Waals surface area contributed by atoms with E-state index in [0.29, 0.717) is 41.6 Å². The van der Waals surface area contributed by atoms with Crippen LogP contribution in [0.15, 0.2) is 47.0 Å². The average Bonchev–Trinajstić information content (AvgIpc) is 3.47. The molecule has 1 unspecified atom stereocenters. The molecular formula is C26H34N2O5S. The quantitative estimate of drug-likeness (QED) is 0.322. The van der Waals surface area contributed by atoms with Crippen LogP contribution in [-0.4, -0.2) is 66.5 Å². The molecule has 3 rings (SSSR count). The van der Waals surface area contributed by atoms with Gasteiger partial charge in [0.2, 0.25) is 5.78 Å². The van der Waals surface area contributed by atoms with Gasteiger partial charge < -0.3 is 24.4 Å². The van der Waals surface area contributed by atoms with Gasteiger partial charge in [0.15, 0.2) is 17.3 Å². The number of nitrogens with zero attached hydrogens (tertiary/aromatic N) is 2. The van der Waals surface area contributed by atoms with Crippen molar-refractivity contribution in [1.82, 2.24) is 9.80 Å². The predicted octanol–water partition coefficient (Wildman–Crippen LogP) is 4.86. The number of methoxy groups -OCH3 is 1. The van der Waals surface area contributed by atoms with Crippen LogP contribution >= 0.6 is 11.3 Å². The number of amides is 1. The minimum absolute atomic E-state index is 0.105. The Balaban J connectivity index is 2.01. The van der Waals surface area contributed by atoms with Crippen molar-refractivity contribution in [3.05, 3.63) is 57.5 Å². The van der Waals surface area contributed by atoms with Crippen LogP contribution in [0.3, 0.4) is 0 Å². The maximum absolute atomic E-state index is 13.4. The Morgan fingerprint density at radius 3 is 2.56 bits per heavy atom. The van der Waals surface area contributed by atoms with Gasteiger partial charge in [-0.05, 0) is 48.7 Å². The van der Waals surface area contributed by atoms with Gasteiger partial charge >= 0.3 is 0 Å². The monoisotopic (exact) mass is 486 g/mol. The number of hydrogen-bond donors (Lipinski definition) is 1. The highest BCUT2D eigenvalue weighted by atomic mass is 32.1. The minimum Gasteiger partial charge on any atom is -0.503 e. The first kappa shape index (κ1) is 25.8. The number of rotatable bonds is 13. The Morgan fingerprint density at radius 1 is 1.18 bits per heavy atom. The first-order valence-electron chi connectivity index (χ1n) is 11.8. The van der Waals surface area contributed by atoms with Gasteiger partial charge in [-0.3, -0.25) is 9.59 Å². The lowest BCUT2D eigenvalue weighted by Crippen LogP contribution is -2.38. The summed E-state index contributed by atoms with van der Waals surface area (Å²) in [6.45, 7) is 9.52. The second-order valence-corrected chi connectivity index (χ2v) is 9.06. The largest absolute Gasteiger partial charge is 0.503 e. The molecule has 2 heterocycles. The third-order valence-electron chi connectivity index (χ3n) is 6.10. The summed E-state index contributed by atoms with van der Waals surface area (Å²) in [7, 11) is 1.56. The van der Waals surface area contributed by atoms with Gasteiger partial charge in [-0.1, -0.05) is 39.3 Å². The number of aliphatic hydroxyl groups excluding tert-OH is 1. The SMILES string of the molecule is CCCCOc1ccc(C2C(C(=O)c3cccs3)=C(O)C(=O)N2CCN(CC)CC)cc1OC. The molecule has 0 radical (unpaired) electrons. The Morgan fingerprint density at radius 2 is 1.94 bits per heavy atom. The van der Waals surface area contributed by atoms with Crippen molar-refractivity contribution in [2.75, 3.05) is 39.9 Å². The van der Waals surface area contributed by atoms with E-state index in [4.69, 9.17) is 9.47 Å². The Labute approximate surface area is 205 Å². The second-order valence-electron chi connectivity index (χ2n) is 8.11. The number of aliphatic hydroxyl groups is 1. The maximum atomic E-state index is 13.4. The lowest BCUT2D eigenvalue weighted by molar-refractivity contribution is -0.129. The van der Waals surface area contributed by atoms with Crippen molar-refractivity contribution >= 4 is 23.0 Å². The van der Waals surface area contributed by atoms with Crippen LogP contribution in [0.1, 0.15) is 54.9 Å². The van der Waals surface area contributed by atoms with E-state index in [1.54, 1.807) is 41.7 Å². The zero-order valence-corrected chi connectivity index (χ0v) is 21.2. The van der Waals surface area contributed by atoms with Crippen molar-refractivity contribution in [2.45, 2.75) is 39.7 Å². The maximum Gasteiger partial charge on any atom is 0.290 e. The number of ether oxygens (including phenoxy) is 2. The number of Topliss-reactive ketones (excluding diaryl/α,β-unsaturated/α-hetero) is 1. The summed E-state index contributed by atoms with van der Waals surface area (Å²) in [5, 5.41) is 12.6. The molecule has 1 aliphatic heterocycles. The van der Waals surface area contributed by atoms with Gasteiger partial charge in [-0.25, -0.2) is 0 Å². The molecule has 1 aromatic heterocycles. The molecule has 2 aromatic rings. The Kier molecular flexibility index (Phi) is 9.12. The first-order chi connectivity index (χ1) is 16.5. The van der Waals surface area contributed by atoms with Crippen molar-refractivity contribution in [1.29, 1.82) is 0 Å². The van der Waals surface area contributed by atoms with Gasteiger partial charge in [0.25, 0.3) is 5.91 Å². The molecule has 0 saturated carbocycles. The summed E-state index contributed by atoms with van der Waals surface area (Å²) < 4.78 is 11.4. The molecule has 1 N–H and O–H groups in total. The van der Waals surface area contributed by atoms with Crippen LogP contribution in [0.5, 0.6) is 11.5 Å². The highest BCUT2D eigenvalue weighted by Crippen LogP contribution is 2.42. The Hall–Kier alpha value is -2.84. The van der Waals surface area contributed by atoms with Crippen molar-refractivity contribution in [3.63, 3.8) is 0 Å². The Bertz CT molecular complexity index is 1010. The molecule has 0 saturated heterocycles. The molecule has 8 heteroatoms. The third-order valence-corrected chi connectivity index (χ3v) is 6.97. The number of benzene rings is 1. The number of ketones is 1. The normalized spacial score (nSPS) is 16.0. The first-order valence-corrected chi connectivity index (χ1v) is 12.7. The summed E-state index contributed by atoms with van der Waals surface area (Å²) in [6, 6.07) is 8.22. The lowest BCUT2D eigenvalue weighted by atomic mass is 9.95. The second kappa shape index (κ2) is 12.0. The van der Waals surface area contributed by atoms with E-state index in [1.807, 2.05) is 6.07 Å². The minimum atomic E-state index is -0.712. The third kappa shape index (κ3) is 5.45. The summed E-state index contributed by atoms with van der Waals surface area (Å²) >= 11 is 1.29. The van der Waals surface area contributed by atoms with Crippen LogP contribution in [-0.2, 0) is 4.79 Å². The fraction of sp³-hybridized carbons (Fsp3) is 0.462. The van der Waals surface area contributed by atoms with Gasteiger partial charge in [-0.2, -0.15) is 0 Å². The molecule has 184 valence electrons. The molecule has 1 atom stereocenters. The molecule has 34 heavy (non-hydrogen) atoms. The van der Waals surface area contributed by atoms with E-state index in [9.17, 15) is 14.7 Å². The lowest BCUT2D eigenvalue weighted by Gasteiger charge is -2.29. The standard InChI is InChI=1S/C26H34N2O5S/c1-5-8-15-33-19-12-11-18(17-20(19)32-4)23-22(24(29)21-10-9-16-34-21)25(30)26(31)28(23)14-13-27(6-2)7-3/h9-12,16-17,23,30H,5-8,13-15H2,1-4H3. The summed E-state index contributed by atoms with van der Waals surface area (Å²) in [5.41, 5.74) is 0.797. The molecule has 7 nitrogen and oxygen atoms in total. The molecule has 0 fully saturated rings. The van der Waals surface area contributed by atoms with E-state index < -0.39 is 17.7 Å². The van der Waals surface area contributed by atoms with Crippen molar-refractivity contribution in [2.24, 2.45) is 0 Å². The van der Waals surface area contributed by atoms with E-state index >= 15 is 0 Å². The summed E-state index contributed by atoms with van der Waals surface area (Å²) in [6.07, 6.45) is 1.95. The highest BCUT2D eigenvalue weighted by molar-refractivity contribution is 7.12. The number of hydrogen-bond acceptors (Lipinski definition) is 7. The van der Waals surface area contributed by atoms with Crippen LogP contribution in [0.2, 0.25) is 0 Å². The van der Waals surface area contributed by atoms with Gasteiger partial charge in [0, 0.05) is 13.1 Å². The van der Waals surface area contributed by atoms with E-state index in [1.165, 1.54) is 11.3 Å². The molecule has 0 spiro atoms. The molecular weight excluding hydrogens is 452 g/mol. The molecule has 1 amide bonds. The molecule has 1 aliphatic rings. The van der Waals surface area contributed by atoms with Crippen LogP contribution < -0.4 is 9.47 Å². The number of unbranched alkanes of at least 4 members (excludes halogenated alkanes) is 1. The van der Waals surface area contributed by atoms with Gasteiger partial charge in [0.05, 0.1) is 30.2 Å². The summed E-state index contributed by atoms with van der Waals surface area (Å²) in [5.74, 6) is -0.208. The predicted molar refractivity (Wildman–Crippen MR) is 134 cm³/mol. The average molecular weight is 487 g/mol. The van der Waals surface area contributed by atoms with E-state index in [-0.39, 0.29) is 11.4 Å². The fourth-order valence-corrected chi connectivity index (χ4v) is 4.77. The number of thiophene rings is 1. The van der Waals surface area contributed by atoms with Crippen LogP contribution in [0.25, 0.3) is 0 Å². The van der Waals surface area contributed by atoms with Gasteiger partial charge in [0.1, 0.15) is 0 Å². The highest BCUT2D eigenvalue weighted by Gasteiger charge is 2.44. The zero-order valence-electron chi connectivity index (χ0n) is 20.4. The van der Waals surface area contributed by atoms with Crippen LogP contribution in [0.4, 0.5) is 0 Å². The van der Waals surface area contributed by atoms with E-state index in [2.05, 4.69) is 25.7 Å². The number of carbonyl (C=O) groups excluding carboxylic acids is 2. The molecule has 1 aromatic carbocycles. The molecule has 0 aliphatic carbocycles. The fourth-order valence-electron chi connectivity index (χ4n) is 4.09. The van der Waals surface area contributed by atoms with Gasteiger partial charge in [-0.15, -0.1) is 11.3 Å². The van der Waals surface area contributed by atoms with Crippen molar-refractivity contribution < 1.29 is 24.2 Å². The summed E-state index contributed by atoms with van der Waals surface area (Å²) in [4.78, 5) is 30.8. The van der Waals surface area contributed by atoms with E-state index in [0.717, 1.165) is 25.9 Å². The topological polar surface area (TPSA) is 79.3 Å². The zero-order chi connectivity index (χ0) is 24.7. The smallest absolute Gasteiger partial charge is 0.290 e. The number of carbonyl (C=O) groups is 2. The van der Waals surface area contributed by atoms with Crippen LogP contribution in [0, 0.1) is 0 Å². The number of likely N-dealkylation sites (N-methyl/N-ethyl adjacent to an activating group) is 1.